The molecule has 0 spiro atoms. The molecule has 6 heteroatoms. The van der Waals surface area contributed by atoms with Crippen LogP contribution in [0.25, 0.3) is 22.4 Å². The molecule has 3 aromatic rings. The number of rotatable bonds is 3. The van der Waals surface area contributed by atoms with Crippen molar-refractivity contribution in [3.8, 4) is 34.7 Å². The molecule has 0 unspecified atom stereocenters. The second-order valence-electron chi connectivity index (χ2n) is 5.36. The summed E-state index contributed by atoms with van der Waals surface area (Å²) in [6.07, 6.45) is 0. The summed E-state index contributed by atoms with van der Waals surface area (Å²) in [5.74, 6) is 2.76. The summed E-state index contributed by atoms with van der Waals surface area (Å²) in [6, 6.07) is 13.6. The molecule has 0 amide bonds. The number of hydrogen-bond acceptors (Lipinski definition) is 5. The molecule has 0 N–H and O–H groups in total. The monoisotopic (exact) mass is 321 g/mol. The van der Waals surface area contributed by atoms with Crippen molar-refractivity contribution in [3.05, 3.63) is 36.4 Å². The predicted octanol–water partition coefficient (Wildman–Crippen LogP) is 3.01. The largest absolute Gasteiger partial charge is 0.496 e. The van der Waals surface area contributed by atoms with Gasteiger partial charge in [0.25, 0.3) is 0 Å². The van der Waals surface area contributed by atoms with Gasteiger partial charge in [0.05, 0.1) is 29.8 Å². The van der Waals surface area contributed by atoms with Crippen LogP contribution in [-0.2, 0) is 6.54 Å². The van der Waals surface area contributed by atoms with Gasteiger partial charge in [0.1, 0.15) is 31.3 Å². The zero-order valence-corrected chi connectivity index (χ0v) is 13.2. The molecule has 2 heterocycles. The van der Waals surface area contributed by atoms with E-state index in [1.165, 1.54) is 0 Å². The molecule has 1 aliphatic heterocycles. The predicted molar refractivity (Wildman–Crippen MR) is 88.3 cm³/mol. The topological polar surface area (TPSA) is 69.3 Å². The summed E-state index contributed by atoms with van der Waals surface area (Å²) >= 11 is 0. The number of ether oxygens (including phenoxy) is 3. The molecule has 0 radical (unpaired) electrons. The molecule has 0 aliphatic carbocycles. The fourth-order valence-corrected chi connectivity index (χ4v) is 2.93. The van der Waals surface area contributed by atoms with E-state index in [4.69, 9.17) is 19.2 Å². The Bertz CT molecular complexity index is 956. The van der Waals surface area contributed by atoms with Crippen molar-refractivity contribution in [3.63, 3.8) is 0 Å². The number of benzene rings is 2. The van der Waals surface area contributed by atoms with Gasteiger partial charge in [-0.05, 0) is 12.1 Å². The Labute approximate surface area is 138 Å². The number of nitriles is 1. The molecular formula is C18H15N3O3. The van der Waals surface area contributed by atoms with E-state index in [-0.39, 0.29) is 6.54 Å². The maximum absolute atomic E-state index is 9.25. The van der Waals surface area contributed by atoms with Gasteiger partial charge in [0.2, 0.25) is 0 Å². The van der Waals surface area contributed by atoms with Gasteiger partial charge >= 0.3 is 0 Å². The first-order chi connectivity index (χ1) is 11.8. The van der Waals surface area contributed by atoms with Gasteiger partial charge in [-0.2, -0.15) is 5.26 Å². The van der Waals surface area contributed by atoms with Gasteiger partial charge in [0.15, 0.2) is 11.5 Å². The van der Waals surface area contributed by atoms with Crippen LogP contribution in [0.5, 0.6) is 17.2 Å². The molecule has 4 rings (SSSR count). The van der Waals surface area contributed by atoms with Crippen LogP contribution in [0.3, 0.4) is 0 Å². The minimum atomic E-state index is 0.184. The molecule has 24 heavy (non-hydrogen) atoms. The van der Waals surface area contributed by atoms with Crippen molar-refractivity contribution in [1.29, 1.82) is 5.26 Å². The lowest BCUT2D eigenvalue weighted by Gasteiger charge is -2.18. The number of imidazole rings is 1. The molecule has 1 aliphatic rings. The van der Waals surface area contributed by atoms with Crippen LogP contribution in [0, 0.1) is 11.3 Å². The Hall–Kier alpha value is -3.20. The van der Waals surface area contributed by atoms with E-state index in [1.807, 2.05) is 41.0 Å². The molecule has 0 fully saturated rings. The van der Waals surface area contributed by atoms with Gasteiger partial charge in [0, 0.05) is 12.1 Å². The van der Waals surface area contributed by atoms with E-state index >= 15 is 0 Å². The van der Waals surface area contributed by atoms with Crippen LogP contribution in [0.2, 0.25) is 0 Å². The minimum absolute atomic E-state index is 0.184. The highest BCUT2D eigenvalue weighted by atomic mass is 16.6. The first kappa shape index (κ1) is 14.4. The lowest BCUT2D eigenvalue weighted by molar-refractivity contribution is 0.172. The first-order valence-electron chi connectivity index (χ1n) is 7.62. The molecule has 1 aromatic heterocycles. The van der Waals surface area contributed by atoms with Crippen LogP contribution >= 0.6 is 0 Å². The van der Waals surface area contributed by atoms with Crippen molar-refractivity contribution in [2.24, 2.45) is 0 Å². The van der Waals surface area contributed by atoms with Crippen LogP contribution in [0.4, 0.5) is 0 Å². The van der Waals surface area contributed by atoms with Crippen molar-refractivity contribution in [2.45, 2.75) is 6.54 Å². The number of hydrogen-bond donors (Lipinski definition) is 0. The summed E-state index contributed by atoms with van der Waals surface area (Å²) < 4.78 is 18.6. The van der Waals surface area contributed by atoms with Gasteiger partial charge < -0.3 is 18.8 Å². The zero-order valence-electron chi connectivity index (χ0n) is 13.2. The van der Waals surface area contributed by atoms with E-state index < -0.39 is 0 Å². The second-order valence-corrected chi connectivity index (χ2v) is 5.36. The number of fused-ring (bicyclic) bond motifs is 2. The van der Waals surface area contributed by atoms with Crippen molar-refractivity contribution < 1.29 is 14.2 Å². The maximum Gasteiger partial charge on any atom is 0.163 e. The second kappa shape index (κ2) is 5.78. The van der Waals surface area contributed by atoms with E-state index in [2.05, 4.69) is 6.07 Å². The molecular weight excluding hydrogens is 306 g/mol. The van der Waals surface area contributed by atoms with E-state index in [1.54, 1.807) is 7.11 Å². The highest BCUT2D eigenvalue weighted by molar-refractivity contribution is 5.85. The lowest BCUT2D eigenvalue weighted by atomic mass is 10.2. The molecule has 2 aromatic carbocycles. The summed E-state index contributed by atoms with van der Waals surface area (Å²) in [4.78, 5) is 4.71. The number of aromatic nitrogens is 2. The Morgan fingerprint density at radius 2 is 1.96 bits per heavy atom. The Kier molecular flexibility index (Phi) is 3.47. The van der Waals surface area contributed by atoms with Crippen LogP contribution in [0.15, 0.2) is 36.4 Å². The molecule has 6 nitrogen and oxygen atoms in total. The first-order valence-corrected chi connectivity index (χ1v) is 7.62. The lowest BCUT2D eigenvalue weighted by Crippen LogP contribution is -2.15. The zero-order chi connectivity index (χ0) is 16.5. The molecule has 0 saturated carbocycles. The average Bonchev–Trinajstić information content (AvgIpc) is 2.97. The third-order valence-electron chi connectivity index (χ3n) is 3.99. The third-order valence-corrected chi connectivity index (χ3v) is 3.99. The van der Waals surface area contributed by atoms with Crippen LogP contribution in [-0.4, -0.2) is 29.9 Å². The normalized spacial score (nSPS) is 12.8. The summed E-state index contributed by atoms with van der Waals surface area (Å²) in [5, 5.41) is 9.25. The highest BCUT2D eigenvalue weighted by Crippen LogP contribution is 2.37. The van der Waals surface area contributed by atoms with Crippen molar-refractivity contribution >= 4 is 11.0 Å². The van der Waals surface area contributed by atoms with E-state index in [0.29, 0.717) is 36.3 Å². The SMILES string of the molecule is COc1ccccc1-c1nc2cc3c(cc2n1CC#N)OCCO3. The van der Waals surface area contributed by atoms with Gasteiger partial charge in [-0.25, -0.2) is 4.98 Å². The average molecular weight is 321 g/mol. The number of para-hydroxylation sites is 1. The maximum atomic E-state index is 9.25. The van der Waals surface area contributed by atoms with Crippen LogP contribution < -0.4 is 14.2 Å². The van der Waals surface area contributed by atoms with Crippen molar-refractivity contribution in [2.75, 3.05) is 20.3 Å². The van der Waals surface area contributed by atoms with Crippen LogP contribution in [0.1, 0.15) is 0 Å². The van der Waals surface area contributed by atoms with E-state index in [9.17, 15) is 5.26 Å². The highest BCUT2D eigenvalue weighted by Gasteiger charge is 2.20. The summed E-state index contributed by atoms with van der Waals surface area (Å²) in [5.41, 5.74) is 2.43. The third kappa shape index (κ3) is 2.22. The standard InChI is InChI=1S/C18H15N3O3/c1-22-15-5-3-2-4-12(15)18-20-13-10-16-17(24-9-8-23-16)11-14(13)21(18)7-6-19/h2-5,10-11H,7-9H2,1H3. The Morgan fingerprint density at radius 1 is 1.21 bits per heavy atom. The summed E-state index contributed by atoms with van der Waals surface area (Å²) in [6.45, 7) is 1.23. The number of methoxy groups -OCH3 is 1. The van der Waals surface area contributed by atoms with E-state index in [0.717, 1.165) is 16.6 Å². The quantitative estimate of drug-likeness (QED) is 0.741. The molecule has 0 atom stereocenters. The summed E-state index contributed by atoms with van der Waals surface area (Å²) in [7, 11) is 1.62. The van der Waals surface area contributed by atoms with Gasteiger partial charge in [-0.15, -0.1) is 0 Å². The Morgan fingerprint density at radius 3 is 2.71 bits per heavy atom. The van der Waals surface area contributed by atoms with Crippen molar-refractivity contribution in [1.82, 2.24) is 9.55 Å². The Balaban J connectivity index is 1.98. The molecule has 0 saturated heterocycles. The fraction of sp³-hybridized carbons (Fsp3) is 0.222. The smallest absolute Gasteiger partial charge is 0.163 e. The molecule has 0 bridgehead atoms. The number of nitrogens with zero attached hydrogens (tertiary/aromatic N) is 3. The molecule has 120 valence electrons. The minimum Gasteiger partial charge on any atom is -0.496 e. The fourth-order valence-electron chi connectivity index (χ4n) is 2.93. The van der Waals surface area contributed by atoms with Gasteiger partial charge in [-0.3, -0.25) is 0 Å². The van der Waals surface area contributed by atoms with Gasteiger partial charge in [-0.1, -0.05) is 12.1 Å².